The zero-order valence-corrected chi connectivity index (χ0v) is 11.8. The van der Waals surface area contributed by atoms with Gasteiger partial charge in [0.1, 0.15) is 11.6 Å². The van der Waals surface area contributed by atoms with Crippen LogP contribution in [-0.4, -0.2) is 25.6 Å². The Bertz CT molecular complexity index is 670. The molecule has 0 aromatic heterocycles. The minimum absolute atomic E-state index is 0.248. The van der Waals surface area contributed by atoms with Crippen LogP contribution in [0.15, 0.2) is 48.5 Å². The molecule has 0 aliphatic rings. The molecule has 0 fully saturated rings. The second-order valence-corrected chi connectivity index (χ2v) is 4.36. The number of rotatable bonds is 5. The Morgan fingerprint density at radius 2 is 1.86 bits per heavy atom. The van der Waals surface area contributed by atoms with Crippen LogP contribution in [0.5, 0.6) is 5.75 Å². The van der Waals surface area contributed by atoms with E-state index < -0.39 is 17.7 Å². The van der Waals surface area contributed by atoms with Crippen molar-refractivity contribution >= 4 is 17.6 Å². The molecule has 114 valence electrons. The zero-order valence-electron chi connectivity index (χ0n) is 11.8. The van der Waals surface area contributed by atoms with Crippen molar-refractivity contribution in [1.29, 1.82) is 0 Å². The van der Waals surface area contributed by atoms with Crippen molar-refractivity contribution < 1.29 is 23.5 Å². The first kappa shape index (κ1) is 15.5. The van der Waals surface area contributed by atoms with Gasteiger partial charge in [-0.25, -0.2) is 9.18 Å². The quantitative estimate of drug-likeness (QED) is 0.862. The van der Waals surface area contributed by atoms with Crippen LogP contribution >= 0.6 is 0 Å². The number of halogens is 1. The second kappa shape index (κ2) is 7.21. The molecule has 5 nitrogen and oxygen atoms in total. The van der Waals surface area contributed by atoms with Gasteiger partial charge in [-0.3, -0.25) is 4.79 Å². The van der Waals surface area contributed by atoms with Crippen LogP contribution in [0.3, 0.4) is 0 Å². The molecule has 0 aliphatic carbocycles. The summed E-state index contributed by atoms with van der Waals surface area (Å²) in [7, 11) is 1.29. The summed E-state index contributed by atoms with van der Waals surface area (Å²) in [6.07, 6.45) is 0. The van der Waals surface area contributed by atoms with Gasteiger partial charge >= 0.3 is 5.97 Å². The number of hydrogen-bond donors (Lipinski definition) is 1. The third-order valence-electron chi connectivity index (χ3n) is 2.76. The number of esters is 1. The van der Waals surface area contributed by atoms with Gasteiger partial charge in [-0.1, -0.05) is 6.07 Å². The minimum atomic E-state index is -0.452. The SMILES string of the molecule is COC(=O)c1ccc(NC(=O)COc2cccc(F)c2)cc1. The maximum Gasteiger partial charge on any atom is 0.337 e. The first-order valence-electron chi connectivity index (χ1n) is 6.45. The summed E-state index contributed by atoms with van der Waals surface area (Å²) >= 11 is 0. The Kier molecular flexibility index (Phi) is 5.08. The number of hydrogen-bond acceptors (Lipinski definition) is 4. The van der Waals surface area contributed by atoms with Gasteiger partial charge < -0.3 is 14.8 Å². The van der Waals surface area contributed by atoms with E-state index in [1.54, 1.807) is 18.2 Å². The van der Waals surface area contributed by atoms with Crippen molar-refractivity contribution in [1.82, 2.24) is 0 Å². The number of carbonyl (C=O) groups excluding carboxylic acids is 2. The van der Waals surface area contributed by atoms with E-state index in [9.17, 15) is 14.0 Å². The Morgan fingerprint density at radius 3 is 2.50 bits per heavy atom. The van der Waals surface area contributed by atoms with E-state index in [1.165, 1.54) is 37.4 Å². The number of carbonyl (C=O) groups is 2. The fraction of sp³-hybridized carbons (Fsp3) is 0.125. The van der Waals surface area contributed by atoms with Crippen molar-refractivity contribution in [2.75, 3.05) is 19.0 Å². The van der Waals surface area contributed by atoms with Gasteiger partial charge in [-0.15, -0.1) is 0 Å². The highest BCUT2D eigenvalue weighted by molar-refractivity contribution is 5.93. The molecule has 22 heavy (non-hydrogen) atoms. The summed E-state index contributed by atoms with van der Waals surface area (Å²) in [6, 6.07) is 11.8. The van der Waals surface area contributed by atoms with Crippen LogP contribution in [0.25, 0.3) is 0 Å². The molecule has 2 rings (SSSR count). The Labute approximate surface area is 126 Å². The van der Waals surface area contributed by atoms with Gasteiger partial charge in [0.05, 0.1) is 12.7 Å². The van der Waals surface area contributed by atoms with Gasteiger partial charge in [-0.2, -0.15) is 0 Å². The second-order valence-electron chi connectivity index (χ2n) is 4.36. The topological polar surface area (TPSA) is 64.6 Å². The van der Waals surface area contributed by atoms with Gasteiger partial charge in [0.2, 0.25) is 0 Å². The van der Waals surface area contributed by atoms with Crippen LogP contribution in [0.2, 0.25) is 0 Å². The molecule has 6 heteroatoms. The molecule has 2 aromatic rings. The van der Waals surface area contributed by atoms with E-state index in [1.807, 2.05) is 0 Å². The number of methoxy groups -OCH3 is 1. The number of benzene rings is 2. The molecule has 0 heterocycles. The molecule has 2 aromatic carbocycles. The molecule has 0 saturated carbocycles. The van der Waals surface area contributed by atoms with Gasteiger partial charge in [0.25, 0.3) is 5.91 Å². The van der Waals surface area contributed by atoms with E-state index in [0.29, 0.717) is 11.3 Å². The lowest BCUT2D eigenvalue weighted by Gasteiger charge is -2.08. The third-order valence-corrected chi connectivity index (χ3v) is 2.76. The van der Waals surface area contributed by atoms with Crippen molar-refractivity contribution in [2.24, 2.45) is 0 Å². The minimum Gasteiger partial charge on any atom is -0.484 e. The molecular weight excluding hydrogens is 289 g/mol. The molecule has 0 radical (unpaired) electrons. The van der Waals surface area contributed by atoms with Crippen LogP contribution < -0.4 is 10.1 Å². The molecule has 1 N–H and O–H groups in total. The smallest absolute Gasteiger partial charge is 0.337 e. The molecule has 0 atom stereocenters. The number of nitrogens with one attached hydrogen (secondary N) is 1. The fourth-order valence-corrected chi connectivity index (χ4v) is 1.71. The van der Waals surface area contributed by atoms with Crippen molar-refractivity contribution in [3.63, 3.8) is 0 Å². The molecule has 0 bridgehead atoms. The maximum atomic E-state index is 13.0. The van der Waals surface area contributed by atoms with E-state index >= 15 is 0 Å². The Morgan fingerprint density at radius 1 is 1.14 bits per heavy atom. The highest BCUT2D eigenvalue weighted by Gasteiger charge is 2.07. The number of ether oxygens (including phenoxy) is 2. The highest BCUT2D eigenvalue weighted by Crippen LogP contribution is 2.13. The van der Waals surface area contributed by atoms with Gasteiger partial charge in [-0.05, 0) is 36.4 Å². The Balaban J connectivity index is 1.88. The monoisotopic (exact) mass is 303 g/mol. The fourth-order valence-electron chi connectivity index (χ4n) is 1.71. The first-order valence-corrected chi connectivity index (χ1v) is 6.45. The standard InChI is InChI=1S/C16H14FNO4/c1-21-16(20)11-5-7-13(8-6-11)18-15(19)10-22-14-4-2-3-12(17)9-14/h2-9H,10H2,1H3,(H,18,19). The summed E-state index contributed by atoms with van der Waals surface area (Å²) < 4.78 is 22.7. The van der Waals surface area contributed by atoms with E-state index in [4.69, 9.17) is 4.74 Å². The lowest BCUT2D eigenvalue weighted by atomic mass is 10.2. The summed E-state index contributed by atoms with van der Waals surface area (Å²) in [5.41, 5.74) is 0.900. The van der Waals surface area contributed by atoms with Gasteiger partial charge in [0, 0.05) is 11.8 Å². The predicted octanol–water partition coefficient (Wildman–Crippen LogP) is 2.63. The average Bonchev–Trinajstić information content (AvgIpc) is 2.53. The summed E-state index contributed by atoms with van der Waals surface area (Å²) in [5.74, 6) is -1.00. The van der Waals surface area contributed by atoms with Crippen LogP contribution in [-0.2, 0) is 9.53 Å². The lowest BCUT2D eigenvalue weighted by Crippen LogP contribution is -2.20. The number of anilines is 1. The summed E-state index contributed by atoms with van der Waals surface area (Å²) in [5, 5.41) is 2.60. The van der Waals surface area contributed by atoms with E-state index in [2.05, 4.69) is 10.1 Å². The third kappa shape index (κ3) is 4.31. The molecule has 1 amide bonds. The lowest BCUT2D eigenvalue weighted by molar-refractivity contribution is -0.118. The first-order chi connectivity index (χ1) is 10.6. The highest BCUT2D eigenvalue weighted by atomic mass is 19.1. The molecule has 0 spiro atoms. The van der Waals surface area contributed by atoms with E-state index in [0.717, 1.165) is 0 Å². The largest absolute Gasteiger partial charge is 0.484 e. The normalized spacial score (nSPS) is 9.91. The summed E-state index contributed by atoms with van der Waals surface area (Å²) in [6.45, 7) is -0.248. The molecule has 0 saturated heterocycles. The average molecular weight is 303 g/mol. The van der Waals surface area contributed by atoms with Crippen LogP contribution in [0, 0.1) is 5.82 Å². The van der Waals surface area contributed by atoms with Crippen LogP contribution in [0.4, 0.5) is 10.1 Å². The Hall–Kier alpha value is -2.89. The molecular formula is C16H14FNO4. The van der Waals surface area contributed by atoms with Crippen molar-refractivity contribution in [3.05, 3.63) is 59.9 Å². The number of amides is 1. The van der Waals surface area contributed by atoms with E-state index in [-0.39, 0.29) is 12.4 Å². The van der Waals surface area contributed by atoms with Crippen molar-refractivity contribution in [2.45, 2.75) is 0 Å². The predicted molar refractivity (Wildman–Crippen MR) is 78.3 cm³/mol. The molecule has 0 aliphatic heterocycles. The van der Waals surface area contributed by atoms with Crippen molar-refractivity contribution in [3.8, 4) is 5.75 Å². The maximum absolute atomic E-state index is 13.0. The van der Waals surface area contributed by atoms with Gasteiger partial charge in [0.15, 0.2) is 6.61 Å². The van der Waals surface area contributed by atoms with Crippen LogP contribution in [0.1, 0.15) is 10.4 Å². The zero-order chi connectivity index (χ0) is 15.9. The summed E-state index contributed by atoms with van der Waals surface area (Å²) in [4.78, 5) is 23.0. The molecule has 0 unspecified atom stereocenters.